The zero-order valence-corrected chi connectivity index (χ0v) is 38.6. The molecule has 0 spiro atoms. The number of rotatable bonds is 9. The topological polar surface area (TPSA) is 19.9 Å². The molecular weight excluding hydrogens is 962 g/mol. The van der Waals surface area contributed by atoms with E-state index in [2.05, 4.69) is 280 Å². The summed E-state index contributed by atoms with van der Waals surface area (Å²) in [6, 6.07) is 97.5. The zero-order valence-electron chi connectivity index (χ0n) is 33.2. The van der Waals surface area contributed by atoms with Crippen LogP contribution in [-0.4, -0.2) is 0 Å². The molecule has 1 radical (unpaired) electrons. The van der Waals surface area contributed by atoms with Crippen LogP contribution in [0.1, 0.15) is 1.43 Å². The van der Waals surface area contributed by atoms with E-state index in [1.807, 2.05) is 0 Å². The molecule has 0 aliphatic carbocycles. The van der Waals surface area contributed by atoms with Gasteiger partial charge in [-0.05, 0) is 109 Å². The summed E-state index contributed by atoms with van der Waals surface area (Å²) < 4.78 is 7.50. The summed E-state index contributed by atoms with van der Waals surface area (Å²) in [6.45, 7) is 4.50. The van der Waals surface area contributed by atoms with Gasteiger partial charge in [0.15, 0.2) is 0 Å². The molecule has 0 aliphatic heterocycles. The Morgan fingerprint density at radius 2 is 0.283 bits per heavy atom. The fourth-order valence-corrected chi connectivity index (χ4v) is 14.7. The molecule has 0 heterocycles. The smallest absolute Gasteiger partial charge is 0.0620 e. The van der Waals surface area contributed by atoms with E-state index < -0.39 is 23.8 Å². The molecule has 0 aliphatic rings. The van der Waals surface area contributed by atoms with Crippen molar-refractivity contribution in [1.29, 1.82) is 0 Å². The van der Waals surface area contributed by atoms with Crippen LogP contribution in [0.2, 0.25) is 0 Å². The van der Waals surface area contributed by atoms with Crippen molar-refractivity contribution in [3.63, 3.8) is 0 Å². The number of hydrogen-bond acceptors (Lipinski definition) is 0. The second kappa shape index (κ2) is 26.0. The third-order valence-electron chi connectivity index (χ3n) is 9.56. The molecule has 0 unspecified atom stereocenters. The molecule has 0 aromatic heterocycles. The van der Waals surface area contributed by atoms with Gasteiger partial charge in [0.2, 0.25) is 0 Å². The fourth-order valence-electron chi connectivity index (χ4n) is 6.94. The van der Waals surface area contributed by atoms with Crippen molar-refractivity contribution in [1.82, 2.24) is 0 Å². The normalized spacial score (nSPS) is 10.1. The van der Waals surface area contributed by atoms with Crippen LogP contribution in [0.15, 0.2) is 273 Å². The Kier molecular flexibility index (Phi) is 19.8. The van der Waals surface area contributed by atoms with E-state index in [0.717, 1.165) is 0 Å². The summed E-state index contributed by atoms with van der Waals surface area (Å²) in [6.07, 6.45) is 0. The van der Waals surface area contributed by atoms with Gasteiger partial charge in [0.1, 0.15) is 47.7 Å². The summed E-state index contributed by atoms with van der Waals surface area (Å²) >= 11 is 0. The molecule has 297 valence electrons. The van der Waals surface area contributed by atoms with Crippen molar-refractivity contribution in [2.45, 2.75) is 0 Å². The summed E-state index contributed by atoms with van der Waals surface area (Å²) in [5, 5.41) is 12.9. The third-order valence-corrected chi connectivity index (χ3v) is 17.8. The van der Waals surface area contributed by atoms with Gasteiger partial charge in [0.05, 0.1) is 23.8 Å². The summed E-state index contributed by atoms with van der Waals surface area (Å²) in [5.41, 5.74) is 0. The third kappa shape index (κ3) is 13.3. The van der Waals surface area contributed by atoms with E-state index in [4.69, 9.17) is 4.65 Å². The van der Waals surface area contributed by atoms with Crippen molar-refractivity contribution in [3.05, 3.63) is 280 Å². The predicted molar refractivity (Wildman–Crippen MR) is 266 cm³/mol. The molecule has 0 saturated heterocycles. The maximum absolute atomic E-state index is 7.50. The van der Waals surface area contributed by atoms with E-state index in [0.29, 0.717) is 0 Å². The Balaban J connectivity index is 0.000000194. The van der Waals surface area contributed by atoms with E-state index in [9.17, 15) is 0 Å². The monoisotopic (exact) mass is 1010 g/mol. The molecule has 9 aromatic rings. The minimum absolute atomic E-state index is 0. The van der Waals surface area contributed by atoms with Gasteiger partial charge in [-0.25, -0.2) is 0 Å². The Hall–Kier alpha value is -5.34. The molecule has 0 bridgehead atoms. The molecule has 9 aromatic carbocycles. The first kappa shape index (κ1) is 45.7. The maximum Gasteiger partial charge on any atom is 0.102 e. The second-order valence-corrected chi connectivity index (χ2v) is 20.9. The summed E-state index contributed by atoms with van der Waals surface area (Å²) in [7, 11) is -2.63. The minimum atomic E-state index is -0.877. The number of benzene rings is 9. The van der Waals surface area contributed by atoms with Crippen molar-refractivity contribution < 1.29 is 26.2 Å². The van der Waals surface area contributed by atoms with Gasteiger partial charge < -0.3 is 0 Å². The first-order valence-corrected chi connectivity index (χ1v) is 24.2. The SMILES string of the molecule is [C-]#[O+].[HH].[Ir].c1ccc([PH+](c2ccccc2)c2ccccc2)cc1.c1ccc([PH+](c2ccccc2)c2ccccc2)cc1.c1ccc([PH+](c2ccccc2)c2ccccc2)cc1. The molecule has 0 atom stereocenters. The summed E-state index contributed by atoms with van der Waals surface area (Å²) in [4.78, 5) is 0. The van der Waals surface area contributed by atoms with Gasteiger partial charge in [-0.2, -0.15) is 0 Å². The van der Waals surface area contributed by atoms with Gasteiger partial charge in [0, 0.05) is 21.5 Å². The van der Waals surface area contributed by atoms with Gasteiger partial charge >= 0.3 is 11.3 Å². The van der Waals surface area contributed by atoms with Gasteiger partial charge in [-0.1, -0.05) is 164 Å². The average molecular weight is 1010 g/mol. The van der Waals surface area contributed by atoms with Crippen molar-refractivity contribution in [2.75, 3.05) is 0 Å². The van der Waals surface area contributed by atoms with Crippen LogP contribution < -0.4 is 47.7 Å². The fraction of sp³-hybridized carbons (Fsp3) is 0. The van der Waals surface area contributed by atoms with Crippen LogP contribution >= 0.6 is 23.8 Å². The Bertz CT molecular complexity index is 1920. The standard InChI is InChI=1S/3C18H15P.CO.Ir.H2/c3*1-4-10-16(11-5-1)19(17-12-6-2-7-13-17)18-14-8-3-9-15-18;1-2;;/h3*1-15H;;;1H/p+3. The second-order valence-electron chi connectivity index (χ2n) is 13.4. The van der Waals surface area contributed by atoms with Gasteiger partial charge in [0.25, 0.3) is 0 Å². The van der Waals surface area contributed by atoms with Crippen LogP contribution in [0.3, 0.4) is 0 Å². The quantitative estimate of drug-likeness (QED) is 0.0781. The van der Waals surface area contributed by atoms with Crippen molar-refractivity contribution in [3.8, 4) is 0 Å². The predicted octanol–water partition coefficient (Wildman–Crippen LogP) is 9.74. The van der Waals surface area contributed by atoms with Crippen molar-refractivity contribution >= 4 is 71.5 Å². The van der Waals surface area contributed by atoms with Gasteiger partial charge in [-0.15, -0.1) is 0 Å². The Labute approximate surface area is 375 Å². The first-order valence-electron chi connectivity index (χ1n) is 19.7. The average Bonchev–Trinajstić information content (AvgIpc) is 3.34. The van der Waals surface area contributed by atoms with E-state index in [1.165, 1.54) is 47.7 Å². The maximum atomic E-state index is 7.50. The molecule has 5 heteroatoms. The zero-order chi connectivity index (χ0) is 40.7. The van der Waals surface area contributed by atoms with E-state index >= 15 is 0 Å². The molecule has 0 saturated carbocycles. The minimum Gasteiger partial charge on any atom is -0.0620 e. The number of hydrogen-bond donors (Lipinski definition) is 0. The van der Waals surface area contributed by atoms with E-state index in [1.54, 1.807) is 0 Å². The molecular formula is C55H50IrOP3+3. The molecule has 0 N–H and O–H groups in total. The molecule has 1 nitrogen and oxygen atoms in total. The van der Waals surface area contributed by atoms with Crippen LogP contribution in [-0.2, 0) is 24.8 Å². The molecule has 0 fully saturated rings. The summed E-state index contributed by atoms with van der Waals surface area (Å²) in [5.74, 6) is 0. The largest absolute Gasteiger partial charge is 0.102 e. The van der Waals surface area contributed by atoms with Crippen LogP contribution in [0.4, 0.5) is 0 Å². The Morgan fingerprint density at radius 1 is 0.200 bits per heavy atom. The van der Waals surface area contributed by atoms with E-state index in [-0.39, 0.29) is 21.5 Å². The molecule has 60 heavy (non-hydrogen) atoms. The Morgan fingerprint density at radius 3 is 0.367 bits per heavy atom. The van der Waals surface area contributed by atoms with Crippen LogP contribution in [0, 0.1) is 6.65 Å². The molecule has 9 rings (SSSR count). The van der Waals surface area contributed by atoms with Crippen LogP contribution in [0.25, 0.3) is 0 Å². The molecule has 0 amide bonds. The van der Waals surface area contributed by atoms with Gasteiger partial charge in [-0.3, -0.25) is 0 Å². The van der Waals surface area contributed by atoms with Crippen molar-refractivity contribution in [2.24, 2.45) is 0 Å². The van der Waals surface area contributed by atoms with Crippen LogP contribution in [0.5, 0.6) is 0 Å². The first-order chi connectivity index (χ1) is 29.3.